The third-order valence-electron chi connectivity index (χ3n) is 4.08. The number of benzene rings is 1. The molecule has 24 heavy (non-hydrogen) atoms. The highest BCUT2D eigenvalue weighted by molar-refractivity contribution is 7.99. The van der Waals surface area contributed by atoms with E-state index < -0.39 is 0 Å². The number of amides is 2. The van der Waals surface area contributed by atoms with Crippen LogP contribution in [0.3, 0.4) is 0 Å². The first-order valence-corrected chi connectivity index (χ1v) is 9.12. The summed E-state index contributed by atoms with van der Waals surface area (Å²) in [6.45, 7) is 5.97. The van der Waals surface area contributed by atoms with Crippen LogP contribution in [-0.4, -0.2) is 54.9 Å². The van der Waals surface area contributed by atoms with E-state index in [1.54, 1.807) is 0 Å². The second-order valence-corrected chi connectivity index (χ2v) is 7.06. The molecule has 1 aliphatic rings. The summed E-state index contributed by atoms with van der Waals surface area (Å²) in [7, 11) is 1.82. The Labute approximate surface area is 154 Å². The maximum atomic E-state index is 12.7. The molecule has 0 aliphatic carbocycles. The smallest absolute Gasteiger partial charge is 0.254 e. The van der Waals surface area contributed by atoms with E-state index in [1.807, 2.05) is 55.8 Å². The maximum Gasteiger partial charge on any atom is 0.254 e. The summed E-state index contributed by atoms with van der Waals surface area (Å²) in [4.78, 5) is 26.8. The third-order valence-corrected chi connectivity index (χ3v) is 5.02. The van der Waals surface area contributed by atoms with E-state index in [1.165, 1.54) is 0 Å². The molecule has 134 valence electrons. The SMILES string of the molecule is CNCC(C)C(=O)Nc1cccc(C(=O)N2CCSCC2)c1C.Cl. The summed E-state index contributed by atoms with van der Waals surface area (Å²) in [6, 6.07) is 5.52. The van der Waals surface area contributed by atoms with Gasteiger partial charge in [0.25, 0.3) is 5.91 Å². The zero-order valence-corrected chi connectivity index (χ0v) is 16.1. The number of rotatable bonds is 5. The molecule has 1 fully saturated rings. The number of nitrogens with one attached hydrogen (secondary N) is 2. The highest BCUT2D eigenvalue weighted by Crippen LogP contribution is 2.22. The first-order valence-electron chi connectivity index (χ1n) is 7.96. The van der Waals surface area contributed by atoms with E-state index in [0.717, 1.165) is 35.8 Å². The Morgan fingerprint density at radius 3 is 2.58 bits per heavy atom. The molecule has 1 saturated heterocycles. The average molecular weight is 372 g/mol. The van der Waals surface area contributed by atoms with Gasteiger partial charge in [-0.25, -0.2) is 0 Å². The molecule has 0 saturated carbocycles. The highest BCUT2D eigenvalue weighted by atomic mass is 35.5. The standard InChI is InChI=1S/C17H25N3O2S.ClH/c1-12(11-18-3)16(21)19-15-6-4-5-14(13(15)2)17(22)20-7-9-23-10-8-20;/h4-6,12,18H,7-11H2,1-3H3,(H,19,21);1H. The predicted molar refractivity (Wildman–Crippen MR) is 103 cm³/mol. The number of carbonyl (C=O) groups excluding carboxylic acids is 2. The van der Waals surface area contributed by atoms with Gasteiger partial charge in [0.2, 0.25) is 5.91 Å². The van der Waals surface area contributed by atoms with Crippen molar-refractivity contribution in [2.75, 3.05) is 43.5 Å². The lowest BCUT2D eigenvalue weighted by atomic mass is 10.0. The zero-order chi connectivity index (χ0) is 16.8. The van der Waals surface area contributed by atoms with Gasteiger partial charge in [-0.3, -0.25) is 9.59 Å². The normalized spacial score (nSPS) is 15.4. The van der Waals surface area contributed by atoms with Crippen molar-refractivity contribution in [3.63, 3.8) is 0 Å². The first kappa shape index (κ1) is 20.8. The molecule has 0 bridgehead atoms. The lowest BCUT2D eigenvalue weighted by Crippen LogP contribution is -2.38. The predicted octanol–water partition coefficient (Wildman–Crippen LogP) is 2.40. The number of halogens is 1. The molecule has 2 N–H and O–H groups in total. The first-order chi connectivity index (χ1) is 11.0. The van der Waals surface area contributed by atoms with Crippen molar-refractivity contribution in [2.24, 2.45) is 5.92 Å². The van der Waals surface area contributed by atoms with E-state index in [9.17, 15) is 9.59 Å². The Morgan fingerprint density at radius 2 is 1.96 bits per heavy atom. The molecular formula is C17H26ClN3O2S. The second kappa shape index (κ2) is 9.91. The van der Waals surface area contributed by atoms with Crippen molar-refractivity contribution in [3.05, 3.63) is 29.3 Å². The topological polar surface area (TPSA) is 61.4 Å². The molecule has 0 spiro atoms. The van der Waals surface area contributed by atoms with E-state index >= 15 is 0 Å². The number of hydrogen-bond donors (Lipinski definition) is 2. The Balaban J connectivity index is 0.00000288. The van der Waals surface area contributed by atoms with Crippen molar-refractivity contribution in [2.45, 2.75) is 13.8 Å². The molecule has 1 aliphatic heterocycles. The number of carbonyl (C=O) groups is 2. The molecule has 7 heteroatoms. The summed E-state index contributed by atoms with van der Waals surface area (Å²) in [6.07, 6.45) is 0. The van der Waals surface area contributed by atoms with Gasteiger partial charge in [0.1, 0.15) is 0 Å². The fourth-order valence-corrected chi connectivity index (χ4v) is 3.50. The lowest BCUT2D eigenvalue weighted by molar-refractivity contribution is -0.119. The summed E-state index contributed by atoms with van der Waals surface area (Å²) in [5.41, 5.74) is 2.23. The Kier molecular flexibility index (Phi) is 8.59. The average Bonchev–Trinajstić information content (AvgIpc) is 2.57. The minimum atomic E-state index is -0.127. The van der Waals surface area contributed by atoms with Gasteiger partial charge in [-0.15, -0.1) is 12.4 Å². The van der Waals surface area contributed by atoms with Gasteiger partial charge in [-0.05, 0) is 31.7 Å². The molecule has 1 aromatic rings. The largest absolute Gasteiger partial charge is 0.337 e. The monoisotopic (exact) mass is 371 g/mol. The number of thioether (sulfide) groups is 1. The van der Waals surface area contributed by atoms with E-state index in [0.29, 0.717) is 12.1 Å². The number of nitrogens with zero attached hydrogens (tertiary/aromatic N) is 1. The Morgan fingerprint density at radius 1 is 1.29 bits per heavy atom. The molecule has 2 rings (SSSR count). The summed E-state index contributed by atoms with van der Waals surface area (Å²) in [5, 5.41) is 5.94. The molecule has 0 radical (unpaired) electrons. The van der Waals surface area contributed by atoms with Gasteiger partial charge in [-0.1, -0.05) is 13.0 Å². The van der Waals surface area contributed by atoms with E-state index in [-0.39, 0.29) is 30.1 Å². The molecule has 1 unspecified atom stereocenters. The van der Waals surface area contributed by atoms with Gasteiger partial charge in [0, 0.05) is 48.3 Å². The van der Waals surface area contributed by atoms with Gasteiger partial charge in [0.15, 0.2) is 0 Å². The van der Waals surface area contributed by atoms with E-state index in [4.69, 9.17) is 0 Å². The minimum Gasteiger partial charge on any atom is -0.337 e. The second-order valence-electron chi connectivity index (χ2n) is 5.83. The van der Waals surface area contributed by atoms with Crippen molar-refractivity contribution in [1.82, 2.24) is 10.2 Å². The van der Waals surface area contributed by atoms with Crippen LogP contribution < -0.4 is 10.6 Å². The van der Waals surface area contributed by atoms with Crippen LogP contribution in [0.1, 0.15) is 22.8 Å². The van der Waals surface area contributed by atoms with Crippen LogP contribution in [0.15, 0.2) is 18.2 Å². The zero-order valence-electron chi connectivity index (χ0n) is 14.4. The molecule has 2 amide bonds. The van der Waals surface area contributed by atoms with Gasteiger partial charge in [0.05, 0.1) is 0 Å². The van der Waals surface area contributed by atoms with Crippen molar-refractivity contribution < 1.29 is 9.59 Å². The summed E-state index contributed by atoms with van der Waals surface area (Å²) in [5.74, 6) is 1.87. The van der Waals surface area contributed by atoms with Crippen LogP contribution in [0.25, 0.3) is 0 Å². The van der Waals surface area contributed by atoms with Crippen LogP contribution in [0.4, 0.5) is 5.69 Å². The van der Waals surface area contributed by atoms with Crippen LogP contribution >= 0.6 is 24.2 Å². The van der Waals surface area contributed by atoms with Crippen molar-refractivity contribution in [1.29, 1.82) is 0 Å². The van der Waals surface area contributed by atoms with Crippen molar-refractivity contribution in [3.8, 4) is 0 Å². The van der Waals surface area contributed by atoms with Crippen LogP contribution in [0.2, 0.25) is 0 Å². The fraction of sp³-hybridized carbons (Fsp3) is 0.529. The van der Waals surface area contributed by atoms with Gasteiger partial charge >= 0.3 is 0 Å². The third kappa shape index (κ3) is 5.13. The number of anilines is 1. The Hall–Kier alpha value is -1.24. The van der Waals surface area contributed by atoms with Gasteiger partial charge in [-0.2, -0.15) is 11.8 Å². The summed E-state index contributed by atoms with van der Waals surface area (Å²) < 4.78 is 0. The lowest BCUT2D eigenvalue weighted by Gasteiger charge is -2.27. The molecule has 0 aromatic heterocycles. The molecule has 1 aromatic carbocycles. The van der Waals surface area contributed by atoms with Crippen LogP contribution in [-0.2, 0) is 4.79 Å². The molecule has 1 atom stereocenters. The maximum absolute atomic E-state index is 12.7. The van der Waals surface area contributed by atoms with Crippen molar-refractivity contribution >= 4 is 41.7 Å². The Bertz CT molecular complexity index is 577. The number of hydrogen-bond acceptors (Lipinski definition) is 4. The highest BCUT2D eigenvalue weighted by Gasteiger charge is 2.21. The quantitative estimate of drug-likeness (QED) is 0.834. The molecule has 5 nitrogen and oxygen atoms in total. The molecule has 1 heterocycles. The minimum absolute atomic E-state index is 0. The fourth-order valence-electron chi connectivity index (χ4n) is 2.59. The van der Waals surface area contributed by atoms with Gasteiger partial charge < -0.3 is 15.5 Å². The van der Waals surface area contributed by atoms with Crippen LogP contribution in [0, 0.1) is 12.8 Å². The summed E-state index contributed by atoms with van der Waals surface area (Å²) >= 11 is 1.88. The van der Waals surface area contributed by atoms with Crippen LogP contribution in [0.5, 0.6) is 0 Å². The van der Waals surface area contributed by atoms with E-state index in [2.05, 4.69) is 10.6 Å². The molecular weight excluding hydrogens is 346 g/mol.